The highest BCUT2D eigenvalue weighted by Crippen LogP contribution is 2.60. The minimum atomic E-state index is -0.583. The van der Waals surface area contributed by atoms with Crippen LogP contribution in [0.4, 0.5) is 5.69 Å². The Labute approximate surface area is 223 Å². The Morgan fingerprint density at radius 3 is 2.57 bits per heavy atom. The molecule has 0 radical (unpaired) electrons. The number of nitrogens with zero attached hydrogens (tertiary/aromatic N) is 1. The Bertz CT molecular complexity index is 1230. The van der Waals surface area contributed by atoms with Crippen molar-refractivity contribution in [2.24, 2.45) is 5.92 Å². The summed E-state index contributed by atoms with van der Waals surface area (Å²) >= 11 is 0. The number of hydrogen-bond donors (Lipinski definition) is 1. The van der Waals surface area contributed by atoms with Crippen LogP contribution in [0.2, 0.25) is 0 Å². The molecule has 196 valence electrons. The van der Waals surface area contributed by atoms with Crippen LogP contribution in [0.3, 0.4) is 0 Å². The number of halogens is 1. The monoisotopic (exact) mass is 524 g/mol. The van der Waals surface area contributed by atoms with Crippen molar-refractivity contribution in [2.45, 2.75) is 43.4 Å². The molecule has 6 rings (SSSR count). The number of likely N-dealkylation sites (tertiary alicyclic amines) is 1. The first-order chi connectivity index (χ1) is 17.6. The standard InChI is InChI=1S/C29H32N2O5.ClH/c1-33-24-16-20(28(35-3)36-24)19-15-23-29(13-14-31(23)17-18-9-5-4-6-10-18)21-11-7-8-12-22(21)30-26(29)25(19)27(32)34-2;/h4-12,16,19,23-24,28,30H,13-15,17H2,1-3H3;1H/t19-,23?,24?,28?,29+;/m0./s1. The predicted molar refractivity (Wildman–Crippen MR) is 142 cm³/mol. The van der Waals surface area contributed by atoms with Gasteiger partial charge in [0.15, 0.2) is 12.6 Å². The Kier molecular flexibility index (Phi) is 7.18. The van der Waals surface area contributed by atoms with Crippen LogP contribution in [-0.2, 0) is 35.7 Å². The zero-order chi connectivity index (χ0) is 24.9. The van der Waals surface area contributed by atoms with Gasteiger partial charge in [-0.2, -0.15) is 0 Å². The van der Waals surface area contributed by atoms with Crippen LogP contribution >= 0.6 is 12.4 Å². The molecule has 1 saturated heterocycles. The third kappa shape index (κ3) is 4.01. The van der Waals surface area contributed by atoms with Gasteiger partial charge in [0, 0.05) is 50.7 Å². The largest absolute Gasteiger partial charge is 0.466 e. The molecule has 2 aromatic carbocycles. The first kappa shape index (κ1) is 25.9. The van der Waals surface area contributed by atoms with Crippen molar-refractivity contribution in [3.05, 3.63) is 88.6 Å². The van der Waals surface area contributed by atoms with E-state index in [4.69, 9.17) is 18.9 Å². The van der Waals surface area contributed by atoms with E-state index >= 15 is 0 Å². The fourth-order valence-electron chi connectivity index (χ4n) is 6.83. The van der Waals surface area contributed by atoms with E-state index in [0.29, 0.717) is 5.57 Å². The molecule has 1 fully saturated rings. The maximum Gasteiger partial charge on any atom is 0.336 e. The quantitative estimate of drug-likeness (QED) is 0.444. The number of ether oxygens (including phenoxy) is 4. The molecule has 4 aliphatic rings. The Morgan fingerprint density at radius 1 is 1.08 bits per heavy atom. The molecule has 37 heavy (non-hydrogen) atoms. The van der Waals surface area contributed by atoms with E-state index in [0.717, 1.165) is 42.9 Å². The van der Waals surface area contributed by atoms with E-state index in [1.807, 2.05) is 12.1 Å². The lowest BCUT2D eigenvalue weighted by Crippen LogP contribution is -2.49. The summed E-state index contributed by atoms with van der Waals surface area (Å²) in [6.07, 6.45) is 2.54. The number of fused-ring (bicyclic) bond motifs is 1. The molecule has 2 aromatic rings. The van der Waals surface area contributed by atoms with Crippen LogP contribution in [0.25, 0.3) is 0 Å². The van der Waals surface area contributed by atoms with Crippen molar-refractivity contribution in [3.8, 4) is 0 Å². The molecule has 5 atom stereocenters. The number of benzene rings is 2. The van der Waals surface area contributed by atoms with Crippen LogP contribution in [-0.4, -0.2) is 57.4 Å². The van der Waals surface area contributed by atoms with Gasteiger partial charge in [0.1, 0.15) is 0 Å². The number of carbonyl (C=O) groups excluding carboxylic acids is 1. The normalized spacial score (nSPS) is 30.1. The van der Waals surface area contributed by atoms with E-state index in [9.17, 15) is 4.79 Å². The molecule has 0 aromatic heterocycles. The van der Waals surface area contributed by atoms with Crippen molar-refractivity contribution in [2.75, 3.05) is 33.2 Å². The number of hydrogen-bond acceptors (Lipinski definition) is 7. The Hall–Kier alpha value is -2.68. The highest BCUT2D eigenvalue weighted by atomic mass is 35.5. The van der Waals surface area contributed by atoms with Gasteiger partial charge in [0.25, 0.3) is 0 Å². The molecular weight excluding hydrogens is 492 g/mol. The SMILES string of the molecule is COC(=O)C1=C2Nc3ccccc3[C@@]23CCN(Cc2ccccc2)C3C[C@H]1C1=CC(OC)OC1OC.Cl. The second-order valence-electron chi connectivity index (χ2n) is 9.91. The molecule has 1 aliphatic carbocycles. The lowest BCUT2D eigenvalue weighted by molar-refractivity contribution is -0.178. The van der Waals surface area contributed by atoms with Crippen LogP contribution in [0.1, 0.15) is 24.0 Å². The zero-order valence-electron chi connectivity index (χ0n) is 21.3. The molecule has 3 unspecified atom stereocenters. The fraction of sp³-hybridized carbons (Fsp3) is 0.414. The van der Waals surface area contributed by atoms with Gasteiger partial charge in [0.05, 0.1) is 18.1 Å². The van der Waals surface area contributed by atoms with Crippen LogP contribution in [0, 0.1) is 5.92 Å². The summed E-state index contributed by atoms with van der Waals surface area (Å²) < 4.78 is 22.5. The first-order valence-corrected chi connectivity index (χ1v) is 12.5. The van der Waals surface area contributed by atoms with Gasteiger partial charge in [-0.3, -0.25) is 4.90 Å². The van der Waals surface area contributed by atoms with E-state index in [2.05, 4.69) is 58.7 Å². The minimum Gasteiger partial charge on any atom is -0.466 e. The van der Waals surface area contributed by atoms with Crippen molar-refractivity contribution < 1.29 is 23.7 Å². The van der Waals surface area contributed by atoms with Gasteiger partial charge < -0.3 is 24.3 Å². The van der Waals surface area contributed by atoms with Crippen molar-refractivity contribution in [1.82, 2.24) is 4.90 Å². The summed E-state index contributed by atoms with van der Waals surface area (Å²) in [7, 11) is 4.68. The summed E-state index contributed by atoms with van der Waals surface area (Å²) in [6.45, 7) is 1.79. The second-order valence-corrected chi connectivity index (χ2v) is 9.91. The number of anilines is 1. The third-order valence-corrected chi connectivity index (χ3v) is 8.33. The summed E-state index contributed by atoms with van der Waals surface area (Å²) in [4.78, 5) is 16.0. The molecule has 1 N–H and O–H groups in total. The van der Waals surface area contributed by atoms with Gasteiger partial charge in [-0.05, 0) is 41.7 Å². The van der Waals surface area contributed by atoms with Gasteiger partial charge in [-0.25, -0.2) is 4.79 Å². The summed E-state index contributed by atoms with van der Waals surface area (Å²) in [5.41, 5.74) is 5.85. The molecule has 0 bridgehead atoms. The summed E-state index contributed by atoms with van der Waals surface area (Å²) in [5.74, 6) is -0.542. The average molecular weight is 525 g/mol. The van der Waals surface area contributed by atoms with Crippen LogP contribution < -0.4 is 5.32 Å². The smallest absolute Gasteiger partial charge is 0.336 e. The Morgan fingerprint density at radius 2 is 1.84 bits per heavy atom. The number of nitrogens with one attached hydrogen (secondary N) is 1. The van der Waals surface area contributed by atoms with E-state index in [-0.39, 0.29) is 35.8 Å². The van der Waals surface area contributed by atoms with Crippen molar-refractivity contribution in [1.29, 1.82) is 0 Å². The molecule has 7 nitrogen and oxygen atoms in total. The second kappa shape index (κ2) is 10.2. The number of methoxy groups -OCH3 is 3. The van der Waals surface area contributed by atoms with E-state index in [1.54, 1.807) is 14.2 Å². The number of carbonyl (C=O) groups is 1. The fourth-order valence-corrected chi connectivity index (χ4v) is 6.83. The minimum absolute atomic E-state index is 0. The van der Waals surface area contributed by atoms with Crippen LogP contribution in [0.5, 0.6) is 0 Å². The molecule has 8 heteroatoms. The number of esters is 1. The zero-order valence-corrected chi connectivity index (χ0v) is 22.1. The van der Waals surface area contributed by atoms with Gasteiger partial charge >= 0.3 is 5.97 Å². The lowest BCUT2D eigenvalue weighted by Gasteiger charge is -2.44. The highest BCUT2D eigenvalue weighted by molar-refractivity contribution is 5.94. The maximum absolute atomic E-state index is 13.5. The first-order valence-electron chi connectivity index (χ1n) is 12.5. The van der Waals surface area contributed by atoms with E-state index in [1.165, 1.54) is 18.2 Å². The molecule has 0 saturated carbocycles. The molecule has 3 heterocycles. The number of para-hydroxylation sites is 1. The molecule has 1 spiro atoms. The summed E-state index contributed by atoms with van der Waals surface area (Å²) in [6, 6.07) is 19.2. The summed E-state index contributed by atoms with van der Waals surface area (Å²) in [5, 5.41) is 3.67. The molecule has 3 aliphatic heterocycles. The van der Waals surface area contributed by atoms with Crippen molar-refractivity contribution >= 4 is 24.1 Å². The van der Waals surface area contributed by atoms with E-state index < -0.39 is 12.6 Å². The highest BCUT2D eigenvalue weighted by Gasteiger charge is 2.60. The van der Waals surface area contributed by atoms with Gasteiger partial charge in [0.2, 0.25) is 0 Å². The predicted octanol–water partition coefficient (Wildman–Crippen LogP) is 4.39. The molecule has 0 amide bonds. The average Bonchev–Trinajstić information content (AvgIpc) is 3.60. The van der Waals surface area contributed by atoms with Gasteiger partial charge in [-0.1, -0.05) is 48.5 Å². The topological polar surface area (TPSA) is 69.3 Å². The number of rotatable bonds is 6. The van der Waals surface area contributed by atoms with Crippen LogP contribution in [0.15, 0.2) is 77.5 Å². The molecular formula is C29H33ClN2O5. The van der Waals surface area contributed by atoms with Gasteiger partial charge in [-0.15, -0.1) is 12.4 Å². The maximum atomic E-state index is 13.5. The van der Waals surface area contributed by atoms with Crippen molar-refractivity contribution in [3.63, 3.8) is 0 Å². The lowest BCUT2D eigenvalue weighted by atomic mass is 9.63. The third-order valence-electron chi connectivity index (χ3n) is 8.33. The Balaban J connectivity index is 0.00000280.